The molecular formula is CH4O5P2. The molecule has 0 saturated carbocycles. The minimum atomic E-state index is -4.29. The zero-order valence-electron chi connectivity index (χ0n) is 3.97. The molecule has 0 bridgehead atoms. The predicted octanol–water partition coefficient (Wildman–Crippen LogP) is -0.164. The quantitative estimate of drug-likeness (QED) is 0.564. The first-order chi connectivity index (χ1) is 3.50. The molecule has 0 heterocycles. The van der Waals surface area contributed by atoms with Crippen LogP contribution in [0, 0.1) is 0 Å². The average Bonchev–Trinajstić information content (AvgIpc) is 1.67. The van der Waals surface area contributed by atoms with Crippen LogP contribution in [0.3, 0.4) is 0 Å². The molecule has 48 valence electrons. The Bertz CT molecular complexity index is 139. The maximum absolute atomic E-state index is 10.0. The van der Waals surface area contributed by atoms with Crippen LogP contribution in [-0.2, 0) is 13.7 Å². The molecule has 0 aromatic rings. The van der Waals surface area contributed by atoms with Gasteiger partial charge in [-0.15, -0.1) is 0 Å². The zero-order valence-corrected chi connectivity index (χ0v) is 5.76. The van der Waals surface area contributed by atoms with Gasteiger partial charge in [-0.25, -0.2) is 4.57 Å². The summed E-state index contributed by atoms with van der Waals surface area (Å²) in [5.41, 5.74) is 0. The molecule has 0 rings (SSSR count). The van der Waals surface area contributed by atoms with E-state index in [0.717, 1.165) is 7.11 Å². The third-order valence-electron chi connectivity index (χ3n) is 0.444. The molecule has 0 spiro atoms. The second-order valence-corrected chi connectivity index (χ2v) is 5.23. The summed E-state index contributed by atoms with van der Waals surface area (Å²) in [7, 11) is -6.79. The van der Waals surface area contributed by atoms with Gasteiger partial charge in [-0.1, -0.05) is 4.57 Å². The first-order valence-corrected chi connectivity index (χ1v) is 5.00. The van der Waals surface area contributed by atoms with Crippen molar-refractivity contribution in [2.45, 2.75) is 0 Å². The molecule has 0 amide bonds. The summed E-state index contributed by atoms with van der Waals surface area (Å²) in [5, 5.41) is 0. The molecule has 5 nitrogen and oxygen atoms in total. The largest absolute Gasteiger partial charge is 0.588 e. The third-order valence-corrected chi connectivity index (χ3v) is 3.06. The lowest BCUT2D eigenvalue weighted by Gasteiger charge is -1.93. The van der Waals surface area contributed by atoms with Crippen molar-refractivity contribution in [2.75, 3.05) is 7.11 Å². The number of rotatable bonds is 2. The molecule has 0 aliphatic carbocycles. The van der Waals surface area contributed by atoms with Crippen molar-refractivity contribution >= 4 is 15.0 Å². The van der Waals surface area contributed by atoms with Crippen molar-refractivity contribution in [3.8, 4) is 0 Å². The highest BCUT2D eigenvalue weighted by molar-refractivity contribution is 8.19. The van der Waals surface area contributed by atoms with E-state index < -0.39 is 15.0 Å². The van der Waals surface area contributed by atoms with Gasteiger partial charge in [-0.05, 0) is 0 Å². The van der Waals surface area contributed by atoms with Gasteiger partial charge in [0.2, 0.25) is 0 Å². The topological polar surface area (TPSA) is 86.7 Å². The van der Waals surface area contributed by atoms with Crippen LogP contribution < -0.4 is 4.89 Å². The predicted molar refractivity (Wildman–Crippen MR) is 24.4 cm³/mol. The van der Waals surface area contributed by atoms with Gasteiger partial charge in [0.25, 0.3) is 0 Å². The first-order valence-electron chi connectivity index (χ1n) is 1.54. The van der Waals surface area contributed by atoms with Crippen LogP contribution in [0.2, 0.25) is 0 Å². The second-order valence-electron chi connectivity index (χ2n) is 0.911. The van der Waals surface area contributed by atoms with Gasteiger partial charge in [-0.3, -0.25) is 9.42 Å². The SMILES string of the molecule is COP(=O)(O)[P+](=O)[O-]. The van der Waals surface area contributed by atoms with Gasteiger partial charge in [0.05, 0.1) is 0 Å². The molecule has 8 heavy (non-hydrogen) atoms. The van der Waals surface area contributed by atoms with Crippen molar-refractivity contribution in [2.24, 2.45) is 0 Å². The highest BCUT2D eigenvalue weighted by Gasteiger charge is 2.34. The van der Waals surface area contributed by atoms with Crippen LogP contribution in [0.25, 0.3) is 0 Å². The molecule has 1 N–H and O–H groups in total. The van der Waals surface area contributed by atoms with E-state index in [4.69, 9.17) is 4.89 Å². The van der Waals surface area contributed by atoms with Crippen LogP contribution in [-0.4, -0.2) is 12.0 Å². The molecular weight excluding hydrogens is 154 g/mol. The molecule has 0 aliphatic rings. The normalized spacial score (nSPS) is 19.6. The van der Waals surface area contributed by atoms with Crippen LogP contribution >= 0.6 is 15.0 Å². The molecule has 0 aliphatic heterocycles. The smallest absolute Gasteiger partial charge is 0.564 e. The summed E-state index contributed by atoms with van der Waals surface area (Å²) in [6.45, 7) is 0. The third kappa shape index (κ3) is 1.99. The van der Waals surface area contributed by atoms with Gasteiger partial charge in [0.15, 0.2) is 0 Å². The van der Waals surface area contributed by atoms with Gasteiger partial charge in [0.1, 0.15) is 0 Å². The Morgan fingerprint density at radius 3 is 2.25 bits per heavy atom. The van der Waals surface area contributed by atoms with E-state index in [1.165, 1.54) is 0 Å². The summed E-state index contributed by atoms with van der Waals surface area (Å²) in [4.78, 5) is 17.8. The highest BCUT2D eigenvalue weighted by atomic mass is 32.1. The second kappa shape index (κ2) is 2.67. The maximum Gasteiger partial charge on any atom is 0.564 e. The Hall–Kier alpha value is 0.210. The van der Waals surface area contributed by atoms with Crippen molar-refractivity contribution in [1.82, 2.24) is 0 Å². The monoisotopic (exact) mass is 158 g/mol. The number of hydrogen-bond donors (Lipinski definition) is 1. The molecule has 0 aromatic heterocycles. The fourth-order valence-electron chi connectivity index (χ4n) is 0.0667. The van der Waals surface area contributed by atoms with Gasteiger partial charge in [-0.2, -0.15) is 0 Å². The van der Waals surface area contributed by atoms with E-state index in [2.05, 4.69) is 4.52 Å². The first kappa shape index (κ1) is 8.21. The minimum absolute atomic E-state index is 0.853. The Kier molecular flexibility index (Phi) is 2.74. The standard InChI is InChI=1S/CH4O5P2/c1-6-8(4,5)7(2)3/h1H3,(H,4,5). The van der Waals surface area contributed by atoms with E-state index in [-0.39, 0.29) is 0 Å². The lowest BCUT2D eigenvalue weighted by Crippen LogP contribution is -1.88. The minimum Gasteiger partial charge on any atom is -0.588 e. The van der Waals surface area contributed by atoms with E-state index >= 15 is 0 Å². The Balaban J connectivity index is 4.15. The number of hydrogen-bond acceptors (Lipinski definition) is 4. The van der Waals surface area contributed by atoms with Crippen molar-refractivity contribution < 1.29 is 23.4 Å². The van der Waals surface area contributed by atoms with E-state index in [0.29, 0.717) is 0 Å². The molecule has 7 heteroatoms. The van der Waals surface area contributed by atoms with Gasteiger partial charge >= 0.3 is 15.0 Å². The summed E-state index contributed by atoms with van der Waals surface area (Å²) in [5.74, 6) is 0. The summed E-state index contributed by atoms with van der Waals surface area (Å²) in [6.07, 6.45) is 0. The van der Waals surface area contributed by atoms with Crippen LogP contribution in [0.4, 0.5) is 0 Å². The average molecular weight is 158 g/mol. The van der Waals surface area contributed by atoms with Crippen molar-refractivity contribution in [1.29, 1.82) is 0 Å². The molecule has 0 aromatic carbocycles. The van der Waals surface area contributed by atoms with Crippen molar-refractivity contribution in [3.63, 3.8) is 0 Å². The van der Waals surface area contributed by atoms with Crippen molar-refractivity contribution in [3.05, 3.63) is 0 Å². The molecule has 0 radical (unpaired) electrons. The Labute approximate surface area is 46.6 Å². The lowest BCUT2D eigenvalue weighted by atomic mass is 11.8. The lowest BCUT2D eigenvalue weighted by molar-refractivity contribution is -0.160. The molecule has 2 unspecified atom stereocenters. The maximum atomic E-state index is 10.0. The molecule has 2 atom stereocenters. The molecule has 0 saturated heterocycles. The Morgan fingerprint density at radius 2 is 2.25 bits per heavy atom. The van der Waals surface area contributed by atoms with E-state index in [9.17, 15) is 14.0 Å². The fraction of sp³-hybridized carbons (Fsp3) is 1.00. The van der Waals surface area contributed by atoms with E-state index in [1.807, 2.05) is 0 Å². The van der Waals surface area contributed by atoms with Crippen LogP contribution in [0.15, 0.2) is 0 Å². The zero-order chi connectivity index (χ0) is 6.78. The summed E-state index contributed by atoms with van der Waals surface area (Å²) < 4.78 is 23.4. The molecule has 0 fully saturated rings. The fourth-order valence-corrected chi connectivity index (χ4v) is 0.600. The summed E-state index contributed by atoms with van der Waals surface area (Å²) >= 11 is 0. The van der Waals surface area contributed by atoms with Gasteiger partial charge in [0, 0.05) is 7.11 Å². The van der Waals surface area contributed by atoms with Gasteiger partial charge < -0.3 is 4.89 Å². The van der Waals surface area contributed by atoms with E-state index in [1.54, 1.807) is 0 Å². The summed E-state index contributed by atoms with van der Waals surface area (Å²) in [6, 6.07) is 0. The van der Waals surface area contributed by atoms with Crippen LogP contribution in [0.1, 0.15) is 0 Å². The Morgan fingerprint density at radius 1 is 1.88 bits per heavy atom. The van der Waals surface area contributed by atoms with Crippen LogP contribution in [0.5, 0.6) is 0 Å². The highest BCUT2D eigenvalue weighted by Crippen LogP contribution is 2.60.